The molecular formula is C12H14N4O. The van der Waals surface area contributed by atoms with E-state index < -0.39 is 0 Å². The molecule has 0 unspecified atom stereocenters. The number of carbonyl (C=O) groups excluding carboxylic acids is 1. The van der Waals surface area contributed by atoms with Gasteiger partial charge in [0.2, 0.25) is 5.91 Å². The van der Waals surface area contributed by atoms with Crippen LogP contribution in [0.25, 0.3) is 11.0 Å². The lowest BCUT2D eigenvalue weighted by molar-refractivity contribution is -0.115. The fourth-order valence-corrected chi connectivity index (χ4v) is 1.48. The second kappa shape index (κ2) is 5.36. The van der Waals surface area contributed by atoms with Gasteiger partial charge >= 0.3 is 0 Å². The highest BCUT2D eigenvalue weighted by atomic mass is 16.1. The molecule has 5 heteroatoms. The highest BCUT2D eigenvalue weighted by Gasteiger charge is 2.02. The zero-order valence-electron chi connectivity index (χ0n) is 9.60. The van der Waals surface area contributed by atoms with Crippen LogP contribution in [0, 0.1) is 0 Å². The van der Waals surface area contributed by atoms with Crippen LogP contribution in [0.4, 0.5) is 5.69 Å². The van der Waals surface area contributed by atoms with E-state index in [1.54, 1.807) is 12.4 Å². The molecule has 0 aliphatic carbocycles. The Morgan fingerprint density at radius 3 is 2.76 bits per heavy atom. The van der Waals surface area contributed by atoms with Gasteiger partial charge in [-0.1, -0.05) is 6.92 Å². The van der Waals surface area contributed by atoms with Crippen LogP contribution < -0.4 is 10.6 Å². The number of anilines is 1. The van der Waals surface area contributed by atoms with E-state index in [-0.39, 0.29) is 5.91 Å². The Balaban J connectivity index is 2.11. The molecule has 1 aromatic carbocycles. The van der Waals surface area contributed by atoms with Crippen molar-refractivity contribution in [2.24, 2.45) is 0 Å². The summed E-state index contributed by atoms with van der Waals surface area (Å²) in [6.45, 7) is 3.05. The molecule has 1 aromatic heterocycles. The van der Waals surface area contributed by atoms with Gasteiger partial charge in [-0.2, -0.15) is 0 Å². The van der Waals surface area contributed by atoms with Crippen LogP contribution in [0.15, 0.2) is 30.6 Å². The van der Waals surface area contributed by atoms with Crippen LogP contribution in [-0.2, 0) is 4.79 Å². The molecule has 0 bridgehead atoms. The Bertz CT molecular complexity index is 527. The first-order valence-electron chi connectivity index (χ1n) is 5.51. The number of nitrogens with zero attached hydrogens (tertiary/aromatic N) is 2. The van der Waals surface area contributed by atoms with Crippen LogP contribution in [0.3, 0.4) is 0 Å². The van der Waals surface area contributed by atoms with E-state index in [0.29, 0.717) is 6.54 Å². The standard InChI is InChI=1S/C12H14N4O/c1-2-13-8-12(17)16-9-3-4-10-11(7-9)15-6-5-14-10/h3-7,13H,2,8H2,1H3,(H,16,17). The molecule has 0 saturated heterocycles. The average molecular weight is 230 g/mol. The zero-order valence-corrected chi connectivity index (χ0v) is 9.60. The Morgan fingerprint density at radius 1 is 1.24 bits per heavy atom. The molecule has 0 aliphatic heterocycles. The largest absolute Gasteiger partial charge is 0.325 e. The molecule has 1 heterocycles. The summed E-state index contributed by atoms with van der Waals surface area (Å²) in [5.41, 5.74) is 2.33. The number of hydrogen-bond acceptors (Lipinski definition) is 4. The number of amides is 1. The SMILES string of the molecule is CCNCC(=O)Nc1ccc2nccnc2c1. The van der Waals surface area contributed by atoms with Crippen molar-refractivity contribution in [2.45, 2.75) is 6.92 Å². The van der Waals surface area contributed by atoms with Crippen molar-refractivity contribution < 1.29 is 4.79 Å². The van der Waals surface area contributed by atoms with Gasteiger partial charge in [-0.25, -0.2) is 0 Å². The van der Waals surface area contributed by atoms with Gasteiger partial charge in [0.05, 0.1) is 17.6 Å². The normalized spacial score (nSPS) is 10.4. The Labute approximate surface area is 99.3 Å². The van der Waals surface area contributed by atoms with E-state index in [1.807, 2.05) is 25.1 Å². The molecule has 0 aliphatic rings. The van der Waals surface area contributed by atoms with Crippen molar-refractivity contribution in [3.05, 3.63) is 30.6 Å². The first-order valence-corrected chi connectivity index (χ1v) is 5.51. The van der Waals surface area contributed by atoms with Crippen molar-refractivity contribution in [3.8, 4) is 0 Å². The number of benzene rings is 1. The monoisotopic (exact) mass is 230 g/mol. The molecule has 2 rings (SSSR count). The van der Waals surface area contributed by atoms with Crippen molar-refractivity contribution in [3.63, 3.8) is 0 Å². The van der Waals surface area contributed by atoms with Crippen LogP contribution in [0.2, 0.25) is 0 Å². The number of carbonyl (C=O) groups is 1. The van der Waals surface area contributed by atoms with Crippen LogP contribution in [-0.4, -0.2) is 29.0 Å². The fourth-order valence-electron chi connectivity index (χ4n) is 1.48. The predicted molar refractivity (Wildman–Crippen MR) is 66.7 cm³/mol. The highest BCUT2D eigenvalue weighted by Crippen LogP contribution is 2.14. The Hall–Kier alpha value is -2.01. The molecule has 2 aromatic rings. The second-order valence-electron chi connectivity index (χ2n) is 3.59. The molecule has 88 valence electrons. The Kier molecular flexibility index (Phi) is 3.62. The van der Waals surface area contributed by atoms with Crippen molar-refractivity contribution >= 4 is 22.6 Å². The van der Waals surface area contributed by atoms with Gasteiger partial charge in [-0.15, -0.1) is 0 Å². The smallest absolute Gasteiger partial charge is 0.238 e. The molecular weight excluding hydrogens is 216 g/mol. The topological polar surface area (TPSA) is 66.9 Å². The van der Waals surface area contributed by atoms with Crippen molar-refractivity contribution in [1.29, 1.82) is 0 Å². The van der Waals surface area contributed by atoms with Gasteiger partial charge in [0.1, 0.15) is 0 Å². The van der Waals surface area contributed by atoms with E-state index in [0.717, 1.165) is 23.3 Å². The molecule has 5 nitrogen and oxygen atoms in total. The molecule has 0 spiro atoms. The number of nitrogens with one attached hydrogen (secondary N) is 2. The second-order valence-corrected chi connectivity index (χ2v) is 3.59. The molecule has 2 N–H and O–H groups in total. The van der Waals surface area contributed by atoms with Gasteiger partial charge in [-0.3, -0.25) is 14.8 Å². The fraction of sp³-hybridized carbons (Fsp3) is 0.250. The van der Waals surface area contributed by atoms with Gasteiger partial charge in [0, 0.05) is 18.1 Å². The minimum atomic E-state index is -0.0601. The predicted octanol–water partition coefficient (Wildman–Crippen LogP) is 1.18. The number of hydrogen-bond donors (Lipinski definition) is 2. The maximum absolute atomic E-state index is 11.5. The van der Waals surface area contributed by atoms with E-state index in [1.165, 1.54) is 0 Å². The van der Waals surface area contributed by atoms with Gasteiger partial charge in [0.25, 0.3) is 0 Å². The van der Waals surface area contributed by atoms with E-state index in [2.05, 4.69) is 20.6 Å². The summed E-state index contributed by atoms with van der Waals surface area (Å²) in [6, 6.07) is 5.47. The van der Waals surface area contributed by atoms with E-state index in [4.69, 9.17) is 0 Å². The number of rotatable bonds is 4. The molecule has 0 fully saturated rings. The molecule has 0 atom stereocenters. The molecule has 17 heavy (non-hydrogen) atoms. The van der Waals surface area contributed by atoms with Crippen molar-refractivity contribution in [1.82, 2.24) is 15.3 Å². The maximum Gasteiger partial charge on any atom is 0.238 e. The summed E-state index contributed by atoms with van der Waals surface area (Å²) >= 11 is 0. The van der Waals surface area contributed by atoms with Crippen LogP contribution >= 0.6 is 0 Å². The first-order chi connectivity index (χ1) is 8.29. The molecule has 0 radical (unpaired) electrons. The average Bonchev–Trinajstić information content (AvgIpc) is 2.36. The molecule has 1 amide bonds. The third-order valence-corrected chi connectivity index (χ3v) is 2.29. The summed E-state index contributed by atoms with van der Waals surface area (Å²) in [7, 11) is 0. The first kappa shape index (κ1) is 11.5. The lowest BCUT2D eigenvalue weighted by Gasteiger charge is -2.06. The van der Waals surface area contributed by atoms with Gasteiger partial charge < -0.3 is 10.6 Å². The van der Waals surface area contributed by atoms with Crippen LogP contribution in [0.5, 0.6) is 0 Å². The lowest BCUT2D eigenvalue weighted by atomic mass is 10.2. The summed E-state index contributed by atoms with van der Waals surface area (Å²) in [5.74, 6) is -0.0601. The van der Waals surface area contributed by atoms with E-state index >= 15 is 0 Å². The van der Waals surface area contributed by atoms with Gasteiger partial charge in [0.15, 0.2) is 0 Å². The summed E-state index contributed by atoms with van der Waals surface area (Å²) < 4.78 is 0. The summed E-state index contributed by atoms with van der Waals surface area (Å²) in [6.07, 6.45) is 3.28. The number of likely N-dealkylation sites (N-methyl/N-ethyl adjacent to an activating group) is 1. The molecule has 0 saturated carbocycles. The highest BCUT2D eigenvalue weighted by molar-refractivity contribution is 5.94. The Morgan fingerprint density at radius 2 is 2.00 bits per heavy atom. The third kappa shape index (κ3) is 2.98. The summed E-state index contributed by atoms with van der Waals surface area (Å²) in [5, 5.41) is 5.77. The maximum atomic E-state index is 11.5. The van der Waals surface area contributed by atoms with Gasteiger partial charge in [-0.05, 0) is 24.7 Å². The minimum Gasteiger partial charge on any atom is -0.325 e. The number of aromatic nitrogens is 2. The third-order valence-electron chi connectivity index (χ3n) is 2.29. The zero-order chi connectivity index (χ0) is 12.1. The van der Waals surface area contributed by atoms with Crippen LogP contribution in [0.1, 0.15) is 6.92 Å². The quantitative estimate of drug-likeness (QED) is 0.827. The summed E-state index contributed by atoms with van der Waals surface area (Å²) in [4.78, 5) is 19.8. The number of fused-ring (bicyclic) bond motifs is 1. The minimum absolute atomic E-state index is 0.0601. The lowest BCUT2D eigenvalue weighted by Crippen LogP contribution is -2.27. The van der Waals surface area contributed by atoms with E-state index in [9.17, 15) is 4.79 Å². The van der Waals surface area contributed by atoms with Crippen molar-refractivity contribution in [2.75, 3.05) is 18.4 Å².